The number of nitrogens with one attached hydrogen (secondary N) is 2. The Morgan fingerprint density at radius 2 is 2.23 bits per heavy atom. The Bertz CT molecular complexity index is 927. The molecule has 2 N–H and O–H groups in total. The Kier molecular flexibility index (Phi) is 3.76. The average Bonchev–Trinajstić information content (AvgIpc) is 3.33. The van der Waals surface area contributed by atoms with Crippen LogP contribution < -0.4 is 5.32 Å². The fourth-order valence-corrected chi connectivity index (χ4v) is 4.64. The van der Waals surface area contributed by atoms with Gasteiger partial charge in [-0.3, -0.25) is 4.40 Å². The van der Waals surface area contributed by atoms with Crippen molar-refractivity contribution in [1.82, 2.24) is 29.9 Å². The van der Waals surface area contributed by atoms with E-state index in [1.54, 1.807) is 6.20 Å². The molecule has 3 aromatic rings. The van der Waals surface area contributed by atoms with E-state index in [-0.39, 0.29) is 0 Å². The highest BCUT2D eigenvalue weighted by Crippen LogP contribution is 2.41. The molecule has 0 spiro atoms. The van der Waals surface area contributed by atoms with Crippen LogP contribution in [0.2, 0.25) is 0 Å². The van der Waals surface area contributed by atoms with Crippen LogP contribution in [0.3, 0.4) is 0 Å². The van der Waals surface area contributed by atoms with Gasteiger partial charge < -0.3 is 15.0 Å². The highest BCUT2D eigenvalue weighted by molar-refractivity contribution is 5.74. The topological polar surface area (TPSA) is 80.1 Å². The predicted octanol–water partition coefficient (Wildman–Crippen LogP) is 2.50. The summed E-state index contributed by atoms with van der Waals surface area (Å²) in [5.41, 5.74) is 3.09. The molecule has 0 amide bonds. The number of rotatable bonds is 5. The van der Waals surface area contributed by atoms with E-state index in [0.717, 1.165) is 48.8 Å². The summed E-state index contributed by atoms with van der Waals surface area (Å²) in [6.45, 7) is 7.38. The van der Waals surface area contributed by atoms with Crippen LogP contribution in [0, 0.1) is 11.3 Å². The maximum absolute atomic E-state index is 5.39. The normalized spacial score (nSPS) is 28.0. The summed E-state index contributed by atoms with van der Waals surface area (Å²) in [5.74, 6) is 2.15. The fourth-order valence-electron chi connectivity index (χ4n) is 4.64. The lowest BCUT2D eigenvalue weighted by molar-refractivity contribution is -0.0999. The molecule has 2 fully saturated rings. The minimum absolute atomic E-state index is 0.310. The SMILES string of the molecule is CC[C@@H]1C[C@H](NCC2(C)COC2)C[C@@H]1c1nnc2cnc3[nH]ccc3n12. The number of hydrogen-bond acceptors (Lipinski definition) is 5. The van der Waals surface area contributed by atoms with Crippen molar-refractivity contribution in [2.45, 2.75) is 45.1 Å². The van der Waals surface area contributed by atoms with E-state index in [2.05, 4.69) is 49.8 Å². The average molecular weight is 354 g/mol. The molecular formula is C19H26N6O. The third-order valence-corrected chi connectivity index (χ3v) is 6.24. The van der Waals surface area contributed by atoms with Gasteiger partial charge >= 0.3 is 0 Å². The first-order valence-electron chi connectivity index (χ1n) is 9.65. The molecule has 1 saturated carbocycles. The molecule has 2 aliphatic rings. The smallest absolute Gasteiger partial charge is 0.179 e. The number of aromatic nitrogens is 5. The first-order valence-corrected chi connectivity index (χ1v) is 9.65. The van der Waals surface area contributed by atoms with Crippen molar-refractivity contribution < 1.29 is 4.74 Å². The first kappa shape index (κ1) is 16.2. The van der Waals surface area contributed by atoms with Gasteiger partial charge in [-0.05, 0) is 24.8 Å². The number of ether oxygens (including phenoxy) is 1. The third-order valence-electron chi connectivity index (χ3n) is 6.24. The van der Waals surface area contributed by atoms with Crippen molar-refractivity contribution in [2.75, 3.05) is 19.8 Å². The third kappa shape index (κ3) is 2.53. The van der Waals surface area contributed by atoms with E-state index >= 15 is 0 Å². The molecule has 138 valence electrons. The van der Waals surface area contributed by atoms with Crippen molar-refractivity contribution in [3.8, 4) is 0 Å². The molecule has 0 radical (unpaired) electrons. The fraction of sp³-hybridized carbons (Fsp3) is 0.632. The largest absolute Gasteiger partial charge is 0.380 e. The standard InChI is InChI=1S/C19H26N6O/c1-3-12-6-13(22-9-19(2)10-26-11-19)7-14(12)18-24-23-16-8-21-17-15(25(16)18)4-5-20-17/h4-5,8,12-14,20,22H,3,6-7,9-11H2,1-2H3/t12-,13+,14+/m1/s1. The number of nitrogens with zero attached hydrogens (tertiary/aromatic N) is 4. The summed E-state index contributed by atoms with van der Waals surface area (Å²) in [6, 6.07) is 2.60. The molecule has 5 rings (SSSR count). The van der Waals surface area contributed by atoms with E-state index in [4.69, 9.17) is 4.74 Å². The zero-order chi connectivity index (χ0) is 17.7. The molecule has 26 heavy (non-hydrogen) atoms. The Hall–Kier alpha value is -1.99. The van der Waals surface area contributed by atoms with Crippen LogP contribution >= 0.6 is 0 Å². The lowest BCUT2D eigenvalue weighted by Gasteiger charge is -2.39. The van der Waals surface area contributed by atoms with E-state index in [9.17, 15) is 0 Å². The highest BCUT2D eigenvalue weighted by Gasteiger charge is 2.39. The molecular weight excluding hydrogens is 328 g/mol. The second kappa shape index (κ2) is 6.03. The zero-order valence-corrected chi connectivity index (χ0v) is 15.4. The summed E-state index contributed by atoms with van der Waals surface area (Å²) in [6.07, 6.45) is 7.22. The number of fused-ring (bicyclic) bond motifs is 3. The van der Waals surface area contributed by atoms with Gasteiger partial charge in [0.25, 0.3) is 0 Å². The lowest BCUT2D eigenvalue weighted by Crippen LogP contribution is -2.49. The van der Waals surface area contributed by atoms with E-state index in [1.165, 1.54) is 12.8 Å². The van der Waals surface area contributed by atoms with Gasteiger partial charge in [-0.2, -0.15) is 0 Å². The number of hydrogen-bond donors (Lipinski definition) is 2. The van der Waals surface area contributed by atoms with Crippen LogP contribution in [-0.4, -0.2) is 50.4 Å². The Morgan fingerprint density at radius 1 is 1.35 bits per heavy atom. The van der Waals surface area contributed by atoms with Crippen molar-refractivity contribution in [2.24, 2.45) is 11.3 Å². The van der Waals surface area contributed by atoms with E-state index in [1.807, 2.05) is 6.20 Å². The van der Waals surface area contributed by atoms with Gasteiger partial charge in [0.05, 0.1) is 24.9 Å². The molecule has 3 atom stereocenters. The molecule has 1 saturated heterocycles. The van der Waals surface area contributed by atoms with Crippen LogP contribution in [-0.2, 0) is 4.74 Å². The lowest BCUT2D eigenvalue weighted by atomic mass is 9.88. The monoisotopic (exact) mass is 354 g/mol. The van der Waals surface area contributed by atoms with Gasteiger partial charge in [0.1, 0.15) is 5.82 Å². The minimum Gasteiger partial charge on any atom is -0.380 e. The van der Waals surface area contributed by atoms with Crippen LogP contribution in [0.15, 0.2) is 18.5 Å². The van der Waals surface area contributed by atoms with Crippen molar-refractivity contribution in [3.63, 3.8) is 0 Å². The van der Waals surface area contributed by atoms with Crippen LogP contribution in [0.5, 0.6) is 0 Å². The minimum atomic E-state index is 0.310. The molecule has 1 aliphatic carbocycles. The van der Waals surface area contributed by atoms with Gasteiger partial charge in [-0.1, -0.05) is 20.3 Å². The van der Waals surface area contributed by atoms with Crippen molar-refractivity contribution >= 4 is 16.8 Å². The van der Waals surface area contributed by atoms with E-state index in [0.29, 0.717) is 23.3 Å². The summed E-state index contributed by atoms with van der Waals surface area (Å²) in [5, 5.41) is 12.8. The zero-order valence-electron chi connectivity index (χ0n) is 15.4. The summed E-state index contributed by atoms with van der Waals surface area (Å²) in [7, 11) is 0. The molecule has 3 aromatic heterocycles. The summed E-state index contributed by atoms with van der Waals surface area (Å²) >= 11 is 0. The summed E-state index contributed by atoms with van der Waals surface area (Å²) in [4.78, 5) is 7.62. The molecule has 1 aliphatic heterocycles. The molecule has 0 aromatic carbocycles. The van der Waals surface area contributed by atoms with Gasteiger partial charge in [0, 0.05) is 30.1 Å². The van der Waals surface area contributed by atoms with Crippen LogP contribution in [0.4, 0.5) is 0 Å². The van der Waals surface area contributed by atoms with Crippen LogP contribution in [0.25, 0.3) is 16.8 Å². The maximum Gasteiger partial charge on any atom is 0.179 e. The van der Waals surface area contributed by atoms with Gasteiger partial charge in [-0.15, -0.1) is 10.2 Å². The maximum atomic E-state index is 5.39. The van der Waals surface area contributed by atoms with Gasteiger partial charge in [0.15, 0.2) is 11.3 Å². The first-order chi connectivity index (χ1) is 12.7. The Labute approximate surface area is 152 Å². The second-order valence-corrected chi connectivity index (χ2v) is 8.35. The predicted molar refractivity (Wildman–Crippen MR) is 99.1 cm³/mol. The highest BCUT2D eigenvalue weighted by atomic mass is 16.5. The van der Waals surface area contributed by atoms with Crippen LogP contribution in [0.1, 0.15) is 44.9 Å². The van der Waals surface area contributed by atoms with Crippen molar-refractivity contribution in [3.05, 3.63) is 24.3 Å². The van der Waals surface area contributed by atoms with Gasteiger partial charge in [-0.25, -0.2) is 4.98 Å². The molecule has 0 bridgehead atoms. The quantitative estimate of drug-likeness (QED) is 0.736. The Morgan fingerprint density at radius 3 is 3.00 bits per heavy atom. The molecule has 4 heterocycles. The Balaban J connectivity index is 1.43. The molecule has 0 unspecified atom stereocenters. The van der Waals surface area contributed by atoms with Crippen molar-refractivity contribution in [1.29, 1.82) is 0 Å². The molecule has 7 nitrogen and oxygen atoms in total. The van der Waals surface area contributed by atoms with Gasteiger partial charge in [0.2, 0.25) is 0 Å². The second-order valence-electron chi connectivity index (χ2n) is 8.35. The van der Waals surface area contributed by atoms with E-state index < -0.39 is 0 Å². The number of H-pyrrole nitrogens is 1. The summed E-state index contributed by atoms with van der Waals surface area (Å²) < 4.78 is 7.58. The number of aromatic amines is 1. The molecule has 7 heteroatoms.